The maximum Gasteiger partial charge on any atom is 0.337 e. The third-order valence-corrected chi connectivity index (χ3v) is 3.58. The Hall–Kier alpha value is -1.78. The zero-order valence-electron chi connectivity index (χ0n) is 10.8. The molecule has 2 unspecified atom stereocenters. The first-order valence-electron chi connectivity index (χ1n) is 6.24. The van der Waals surface area contributed by atoms with Gasteiger partial charge in [-0.2, -0.15) is 0 Å². The number of nitrogen functional groups attached to an aromatic ring is 1. The van der Waals surface area contributed by atoms with Gasteiger partial charge in [0.15, 0.2) is 0 Å². The van der Waals surface area contributed by atoms with E-state index in [-0.39, 0.29) is 11.3 Å². The molecular formula is C13H19N3O2. The van der Waals surface area contributed by atoms with Gasteiger partial charge in [0.25, 0.3) is 0 Å². The van der Waals surface area contributed by atoms with Gasteiger partial charge in [-0.05, 0) is 31.7 Å². The van der Waals surface area contributed by atoms with Gasteiger partial charge in [0.2, 0.25) is 0 Å². The average Bonchev–Trinajstić information content (AvgIpc) is 2.30. The lowest BCUT2D eigenvalue weighted by Crippen LogP contribution is -2.40. The summed E-state index contributed by atoms with van der Waals surface area (Å²) in [5.74, 6) is 0.416. The van der Waals surface area contributed by atoms with Gasteiger partial charge in [0.1, 0.15) is 5.82 Å². The minimum Gasteiger partial charge on any atom is -0.478 e. The number of carbonyl (C=O) groups is 1. The predicted molar refractivity (Wildman–Crippen MR) is 70.8 cm³/mol. The molecule has 1 aliphatic heterocycles. The van der Waals surface area contributed by atoms with Crippen molar-refractivity contribution in [3.63, 3.8) is 0 Å². The fraction of sp³-hybridized carbons (Fsp3) is 0.538. The minimum absolute atomic E-state index is 0.130. The van der Waals surface area contributed by atoms with Gasteiger partial charge >= 0.3 is 5.97 Å². The summed E-state index contributed by atoms with van der Waals surface area (Å²) in [4.78, 5) is 17.5. The lowest BCUT2D eigenvalue weighted by Gasteiger charge is -2.37. The van der Waals surface area contributed by atoms with Gasteiger partial charge in [0.05, 0.1) is 17.4 Å². The molecule has 5 nitrogen and oxygen atoms in total. The summed E-state index contributed by atoms with van der Waals surface area (Å²) in [6, 6.07) is 1.95. The van der Waals surface area contributed by atoms with Crippen LogP contribution in [0.15, 0.2) is 12.3 Å². The summed E-state index contributed by atoms with van der Waals surface area (Å²) in [6.45, 7) is 5.30. The van der Waals surface area contributed by atoms with E-state index in [0.717, 1.165) is 19.4 Å². The standard InChI is InChI=1S/C13H19N3O2/c1-8-3-4-16(9(2)5-8)12-6-10(13(17)18)11(14)7-15-12/h6-9H,3-5,14H2,1-2H3,(H,17,18). The first kappa shape index (κ1) is 12.7. The van der Waals surface area contributed by atoms with E-state index < -0.39 is 5.97 Å². The number of carboxylic acids is 1. The molecule has 1 aliphatic rings. The maximum atomic E-state index is 11.1. The molecule has 0 aliphatic carbocycles. The summed E-state index contributed by atoms with van der Waals surface area (Å²) >= 11 is 0. The molecule has 0 spiro atoms. The zero-order valence-corrected chi connectivity index (χ0v) is 10.8. The van der Waals surface area contributed by atoms with Gasteiger partial charge in [0, 0.05) is 12.6 Å². The number of rotatable bonds is 2. The molecule has 2 rings (SSSR count). The molecule has 0 aromatic carbocycles. The molecule has 0 saturated carbocycles. The van der Waals surface area contributed by atoms with Gasteiger partial charge in [-0.15, -0.1) is 0 Å². The third-order valence-electron chi connectivity index (χ3n) is 3.58. The van der Waals surface area contributed by atoms with E-state index in [0.29, 0.717) is 17.8 Å². The van der Waals surface area contributed by atoms with E-state index >= 15 is 0 Å². The largest absolute Gasteiger partial charge is 0.478 e. The zero-order chi connectivity index (χ0) is 13.3. The number of carboxylic acid groups (broad SMARTS) is 1. The number of piperidine rings is 1. The number of hydrogen-bond donors (Lipinski definition) is 2. The number of aromatic nitrogens is 1. The number of hydrogen-bond acceptors (Lipinski definition) is 4. The Morgan fingerprint density at radius 2 is 2.28 bits per heavy atom. The van der Waals surface area contributed by atoms with Crippen LogP contribution in [0.2, 0.25) is 0 Å². The number of aromatic carboxylic acids is 1. The topological polar surface area (TPSA) is 79.5 Å². The first-order valence-corrected chi connectivity index (χ1v) is 6.24. The Kier molecular flexibility index (Phi) is 3.41. The Labute approximate surface area is 107 Å². The van der Waals surface area contributed by atoms with Crippen LogP contribution in [0.3, 0.4) is 0 Å². The van der Waals surface area contributed by atoms with Crippen LogP contribution in [-0.4, -0.2) is 28.6 Å². The summed E-state index contributed by atoms with van der Waals surface area (Å²) in [7, 11) is 0. The molecule has 1 saturated heterocycles. The first-order chi connectivity index (χ1) is 8.49. The van der Waals surface area contributed by atoms with Gasteiger partial charge in [-0.1, -0.05) is 6.92 Å². The SMILES string of the molecule is CC1CCN(c2cc(C(=O)O)c(N)cn2)C(C)C1. The summed E-state index contributed by atoms with van der Waals surface area (Å²) in [5, 5.41) is 9.07. The van der Waals surface area contributed by atoms with E-state index in [4.69, 9.17) is 10.8 Å². The highest BCUT2D eigenvalue weighted by Gasteiger charge is 2.24. The van der Waals surface area contributed by atoms with Crippen molar-refractivity contribution in [1.29, 1.82) is 0 Å². The quantitative estimate of drug-likeness (QED) is 0.837. The fourth-order valence-electron chi connectivity index (χ4n) is 2.54. The highest BCUT2D eigenvalue weighted by molar-refractivity contribution is 5.94. The van der Waals surface area contributed by atoms with Crippen LogP contribution in [0, 0.1) is 5.92 Å². The van der Waals surface area contributed by atoms with Crippen LogP contribution >= 0.6 is 0 Å². The van der Waals surface area contributed by atoms with Gasteiger partial charge in [-0.3, -0.25) is 0 Å². The van der Waals surface area contributed by atoms with Crippen LogP contribution in [0.1, 0.15) is 37.0 Å². The average molecular weight is 249 g/mol. The van der Waals surface area contributed by atoms with Crippen molar-refractivity contribution in [2.24, 2.45) is 5.92 Å². The molecule has 0 amide bonds. The maximum absolute atomic E-state index is 11.1. The number of pyridine rings is 1. The lowest BCUT2D eigenvalue weighted by atomic mass is 9.93. The molecule has 98 valence electrons. The van der Waals surface area contributed by atoms with Gasteiger partial charge in [-0.25, -0.2) is 9.78 Å². The second kappa shape index (κ2) is 4.84. The second-order valence-corrected chi connectivity index (χ2v) is 5.11. The molecule has 5 heteroatoms. The van der Waals surface area contributed by atoms with Crippen molar-refractivity contribution in [2.45, 2.75) is 32.7 Å². The Morgan fingerprint density at radius 1 is 1.56 bits per heavy atom. The van der Waals surface area contributed by atoms with Crippen LogP contribution in [-0.2, 0) is 0 Å². The van der Waals surface area contributed by atoms with Crippen LogP contribution in [0.25, 0.3) is 0 Å². The van der Waals surface area contributed by atoms with Crippen LogP contribution in [0.5, 0.6) is 0 Å². The molecule has 1 aromatic rings. The van der Waals surface area contributed by atoms with Crippen molar-refractivity contribution < 1.29 is 9.90 Å². The van der Waals surface area contributed by atoms with Crippen molar-refractivity contribution in [2.75, 3.05) is 17.2 Å². The number of nitrogens with zero attached hydrogens (tertiary/aromatic N) is 2. The summed E-state index contributed by atoms with van der Waals surface area (Å²) in [5.41, 5.74) is 5.96. The van der Waals surface area contributed by atoms with Crippen molar-refractivity contribution >= 4 is 17.5 Å². The van der Waals surface area contributed by atoms with Crippen molar-refractivity contribution in [3.8, 4) is 0 Å². The van der Waals surface area contributed by atoms with Crippen molar-refractivity contribution in [1.82, 2.24) is 4.98 Å². The monoisotopic (exact) mass is 249 g/mol. The molecule has 18 heavy (non-hydrogen) atoms. The molecular weight excluding hydrogens is 230 g/mol. The van der Waals surface area contributed by atoms with Crippen LogP contribution in [0.4, 0.5) is 11.5 Å². The number of nitrogens with two attached hydrogens (primary N) is 1. The van der Waals surface area contributed by atoms with E-state index in [2.05, 4.69) is 23.7 Å². The second-order valence-electron chi connectivity index (χ2n) is 5.11. The van der Waals surface area contributed by atoms with Crippen molar-refractivity contribution in [3.05, 3.63) is 17.8 Å². The van der Waals surface area contributed by atoms with E-state index in [1.807, 2.05) is 0 Å². The molecule has 1 fully saturated rings. The predicted octanol–water partition coefficient (Wildman–Crippen LogP) is 1.99. The smallest absolute Gasteiger partial charge is 0.337 e. The number of anilines is 2. The highest BCUT2D eigenvalue weighted by Crippen LogP contribution is 2.27. The van der Waals surface area contributed by atoms with E-state index in [1.165, 1.54) is 6.20 Å². The third kappa shape index (κ3) is 2.39. The molecule has 2 heterocycles. The molecule has 0 radical (unpaired) electrons. The molecule has 0 bridgehead atoms. The minimum atomic E-state index is -1.01. The Bertz CT molecular complexity index is 462. The Balaban J connectivity index is 2.28. The lowest BCUT2D eigenvalue weighted by molar-refractivity contribution is 0.0698. The normalized spacial score (nSPS) is 24.0. The van der Waals surface area contributed by atoms with Crippen LogP contribution < -0.4 is 10.6 Å². The Morgan fingerprint density at radius 3 is 2.89 bits per heavy atom. The highest BCUT2D eigenvalue weighted by atomic mass is 16.4. The molecule has 2 atom stereocenters. The van der Waals surface area contributed by atoms with E-state index in [9.17, 15) is 4.79 Å². The summed E-state index contributed by atoms with van der Waals surface area (Å²) < 4.78 is 0. The summed E-state index contributed by atoms with van der Waals surface area (Å²) in [6.07, 6.45) is 3.65. The van der Waals surface area contributed by atoms with Gasteiger partial charge < -0.3 is 15.7 Å². The van der Waals surface area contributed by atoms with E-state index in [1.54, 1.807) is 6.07 Å². The molecule has 3 N–H and O–H groups in total. The fourth-order valence-corrected chi connectivity index (χ4v) is 2.54. The molecule has 1 aromatic heterocycles.